The topological polar surface area (TPSA) is 58.9 Å². The SMILES string of the molecule is C[C@@H](O)c1ccc(Sc2ncns2)nc1. The molecule has 2 heterocycles. The van der Waals surface area contributed by atoms with E-state index in [4.69, 9.17) is 0 Å². The predicted molar refractivity (Wildman–Crippen MR) is 58.9 cm³/mol. The monoisotopic (exact) mass is 239 g/mol. The number of pyridine rings is 1. The second kappa shape index (κ2) is 4.69. The minimum atomic E-state index is -0.474. The van der Waals surface area contributed by atoms with Crippen molar-refractivity contribution in [2.24, 2.45) is 0 Å². The fourth-order valence-electron chi connectivity index (χ4n) is 0.997. The second-order valence-electron chi connectivity index (χ2n) is 2.91. The van der Waals surface area contributed by atoms with Gasteiger partial charge in [0, 0.05) is 6.20 Å². The van der Waals surface area contributed by atoms with E-state index in [-0.39, 0.29) is 0 Å². The molecule has 78 valence electrons. The molecular formula is C9H9N3OS2. The van der Waals surface area contributed by atoms with Crippen molar-refractivity contribution in [3.05, 3.63) is 30.2 Å². The zero-order valence-electron chi connectivity index (χ0n) is 7.99. The highest BCUT2D eigenvalue weighted by Crippen LogP contribution is 2.26. The zero-order valence-corrected chi connectivity index (χ0v) is 9.63. The van der Waals surface area contributed by atoms with Crippen molar-refractivity contribution in [3.8, 4) is 0 Å². The molecule has 0 saturated carbocycles. The van der Waals surface area contributed by atoms with Gasteiger partial charge in [-0.15, -0.1) is 0 Å². The van der Waals surface area contributed by atoms with E-state index in [1.165, 1.54) is 29.6 Å². The number of nitrogens with zero attached hydrogens (tertiary/aromatic N) is 3. The molecule has 15 heavy (non-hydrogen) atoms. The fourth-order valence-corrected chi connectivity index (χ4v) is 2.33. The summed E-state index contributed by atoms with van der Waals surface area (Å²) in [5, 5.41) is 10.2. The number of rotatable bonds is 3. The summed E-state index contributed by atoms with van der Waals surface area (Å²) in [6.07, 6.45) is 2.73. The third-order valence-corrected chi connectivity index (χ3v) is 3.44. The van der Waals surface area contributed by atoms with E-state index < -0.39 is 6.10 Å². The first-order chi connectivity index (χ1) is 7.25. The quantitative estimate of drug-likeness (QED) is 0.889. The van der Waals surface area contributed by atoms with E-state index in [9.17, 15) is 5.11 Å². The smallest absolute Gasteiger partial charge is 0.175 e. The molecule has 0 saturated heterocycles. The minimum Gasteiger partial charge on any atom is -0.389 e. The molecule has 6 heteroatoms. The van der Waals surface area contributed by atoms with Gasteiger partial charge in [0.25, 0.3) is 0 Å². The third-order valence-electron chi connectivity index (χ3n) is 1.77. The lowest BCUT2D eigenvalue weighted by Gasteiger charge is -2.03. The van der Waals surface area contributed by atoms with Gasteiger partial charge in [0.05, 0.1) is 6.10 Å². The standard InChI is InChI=1S/C9H9N3OS2/c1-6(13)7-2-3-8(10-4-7)14-9-11-5-12-15-9/h2-6,13H,1H3/t6-/m1/s1. The number of hydrogen-bond acceptors (Lipinski definition) is 6. The Morgan fingerprint density at radius 1 is 1.40 bits per heavy atom. The predicted octanol–water partition coefficient (Wildman–Crippen LogP) is 2.14. The summed E-state index contributed by atoms with van der Waals surface area (Å²) in [6.45, 7) is 1.72. The molecule has 1 atom stereocenters. The van der Waals surface area contributed by atoms with Crippen molar-refractivity contribution in [1.29, 1.82) is 0 Å². The summed E-state index contributed by atoms with van der Waals surface area (Å²) in [4.78, 5) is 8.27. The van der Waals surface area contributed by atoms with Gasteiger partial charge in [-0.3, -0.25) is 0 Å². The Kier molecular flexibility index (Phi) is 3.30. The molecule has 0 amide bonds. The molecule has 0 fully saturated rings. The highest BCUT2D eigenvalue weighted by atomic mass is 32.2. The minimum absolute atomic E-state index is 0.474. The van der Waals surface area contributed by atoms with Crippen LogP contribution in [0.3, 0.4) is 0 Å². The summed E-state index contributed by atoms with van der Waals surface area (Å²) in [6, 6.07) is 3.73. The van der Waals surface area contributed by atoms with E-state index in [1.807, 2.05) is 12.1 Å². The lowest BCUT2D eigenvalue weighted by Crippen LogP contribution is -1.91. The van der Waals surface area contributed by atoms with Gasteiger partial charge in [0.2, 0.25) is 0 Å². The average molecular weight is 239 g/mol. The molecular weight excluding hydrogens is 230 g/mol. The molecule has 2 aromatic heterocycles. The maximum absolute atomic E-state index is 9.30. The number of aliphatic hydroxyl groups excluding tert-OH is 1. The van der Waals surface area contributed by atoms with E-state index >= 15 is 0 Å². The molecule has 2 rings (SSSR count). The van der Waals surface area contributed by atoms with Crippen molar-refractivity contribution >= 4 is 23.3 Å². The number of aromatic nitrogens is 3. The average Bonchev–Trinajstić information content (AvgIpc) is 2.71. The molecule has 0 unspecified atom stereocenters. The number of aliphatic hydroxyl groups is 1. The number of hydrogen-bond donors (Lipinski definition) is 1. The van der Waals surface area contributed by atoms with E-state index in [2.05, 4.69) is 14.3 Å². The Hall–Kier alpha value is -0.980. The van der Waals surface area contributed by atoms with Crippen LogP contribution in [0.4, 0.5) is 0 Å². The third kappa shape index (κ3) is 2.74. The van der Waals surface area contributed by atoms with Crippen LogP contribution in [-0.2, 0) is 0 Å². The van der Waals surface area contributed by atoms with Gasteiger partial charge < -0.3 is 5.11 Å². The van der Waals surface area contributed by atoms with Gasteiger partial charge in [-0.1, -0.05) is 6.07 Å². The molecule has 0 aromatic carbocycles. The highest BCUT2D eigenvalue weighted by Gasteiger charge is 2.04. The van der Waals surface area contributed by atoms with Crippen LogP contribution in [0.2, 0.25) is 0 Å². The Morgan fingerprint density at radius 3 is 2.80 bits per heavy atom. The van der Waals surface area contributed by atoms with Gasteiger partial charge >= 0.3 is 0 Å². The highest BCUT2D eigenvalue weighted by molar-refractivity contribution is 8.00. The van der Waals surface area contributed by atoms with Gasteiger partial charge in [0.15, 0.2) is 4.34 Å². The lowest BCUT2D eigenvalue weighted by atomic mass is 10.2. The molecule has 0 aliphatic carbocycles. The summed E-state index contributed by atoms with van der Waals surface area (Å²) in [7, 11) is 0. The van der Waals surface area contributed by atoms with Crippen LogP contribution in [0.5, 0.6) is 0 Å². The molecule has 2 aromatic rings. The van der Waals surface area contributed by atoms with Crippen molar-refractivity contribution in [2.45, 2.75) is 22.4 Å². The molecule has 0 radical (unpaired) electrons. The fraction of sp³-hybridized carbons (Fsp3) is 0.222. The summed E-state index contributed by atoms with van der Waals surface area (Å²) in [5.41, 5.74) is 0.816. The normalized spacial score (nSPS) is 12.7. The molecule has 0 aliphatic rings. The van der Waals surface area contributed by atoms with Gasteiger partial charge in [-0.05, 0) is 41.8 Å². The van der Waals surface area contributed by atoms with E-state index in [1.54, 1.807) is 13.1 Å². The van der Waals surface area contributed by atoms with Crippen molar-refractivity contribution in [1.82, 2.24) is 14.3 Å². The van der Waals surface area contributed by atoms with Crippen LogP contribution in [0, 0.1) is 0 Å². The molecule has 0 spiro atoms. The van der Waals surface area contributed by atoms with E-state index in [0.29, 0.717) is 0 Å². The summed E-state index contributed by atoms with van der Waals surface area (Å²) in [5.74, 6) is 0. The first-order valence-corrected chi connectivity index (χ1v) is 5.93. The van der Waals surface area contributed by atoms with Crippen molar-refractivity contribution in [3.63, 3.8) is 0 Å². The zero-order chi connectivity index (χ0) is 10.7. The Bertz CT molecular complexity index is 413. The van der Waals surface area contributed by atoms with E-state index in [0.717, 1.165) is 14.9 Å². The van der Waals surface area contributed by atoms with Crippen LogP contribution in [0.1, 0.15) is 18.6 Å². The maximum atomic E-state index is 9.30. The molecule has 0 bridgehead atoms. The van der Waals surface area contributed by atoms with Crippen LogP contribution < -0.4 is 0 Å². The van der Waals surface area contributed by atoms with Crippen molar-refractivity contribution < 1.29 is 5.11 Å². The van der Waals surface area contributed by atoms with Gasteiger partial charge in [0.1, 0.15) is 11.4 Å². The molecule has 4 nitrogen and oxygen atoms in total. The Morgan fingerprint density at radius 2 is 2.27 bits per heavy atom. The Balaban J connectivity index is 2.11. The van der Waals surface area contributed by atoms with Crippen LogP contribution >= 0.6 is 23.3 Å². The largest absolute Gasteiger partial charge is 0.389 e. The second-order valence-corrected chi connectivity index (χ2v) is 4.96. The molecule has 1 N–H and O–H groups in total. The summed E-state index contributed by atoms with van der Waals surface area (Å²) >= 11 is 2.81. The van der Waals surface area contributed by atoms with Gasteiger partial charge in [-0.2, -0.15) is 4.37 Å². The van der Waals surface area contributed by atoms with Crippen LogP contribution in [-0.4, -0.2) is 19.4 Å². The first-order valence-electron chi connectivity index (χ1n) is 4.34. The lowest BCUT2D eigenvalue weighted by molar-refractivity contribution is 0.198. The first kappa shape index (κ1) is 10.5. The van der Waals surface area contributed by atoms with Crippen LogP contribution in [0.15, 0.2) is 34.0 Å². The molecule has 0 aliphatic heterocycles. The Labute approximate surface area is 95.6 Å². The summed E-state index contributed by atoms with van der Waals surface area (Å²) < 4.78 is 4.77. The van der Waals surface area contributed by atoms with Crippen LogP contribution in [0.25, 0.3) is 0 Å². The maximum Gasteiger partial charge on any atom is 0.175 e. The van der Waals surface area contributed by atoms with Gasteiger partial charge in [-0.25, -0.2) is 9.97 Å². The van der Waals surface area contributed by atoms with Crippen molar-refractivity contribution in [2.75, 3.05) is 0 Å².